The minimum Gasteiger partial charge on any atom is -0.497 e. The van der Waals surface area contributed by atoms with E-state index >= 15 is 0 Å². The van der Waals surface area contributed by atoms with Gasteiger partial charge in [-0.1, -0.05) is 54.6 Å². The van der Waals surface area contributed by atoms with E-state index in [1.807, 2.05) is 36.4 Å². The Hall–Kier alpha value is -4.25. The lowest BCUT2D eigenvalue weighted by atomic mass is 9.95. The van der Waals surface area contributed by atoms with Gasteiger partial charge in [-0.25, -0.2) is 4.79 Å². The molecule has 0 amide bonds. The van der Waals surface area contributed by atoms with Gasteiger partial charge in [0.25, 0.3) is 0 Å². The standard InChI is InChI=1S/C31H30N4O5S/c1-40-24-10-7-20(8-11-24)17-34-18-26-25(27(31(38)39)28(41-26)33-35-29(36)30(35)37)15-23(34)16-32-13-12-19-6-9-21-4-2-3-5-22(21)14-19/h2-11,14,23,32-33H,12-13,15-18H2,1H3,(H,38,39). The van der Waals surface area contributed by atoms with Gasteiger partial charge < -0.3 is 15.2 Å². The van der Waals surface area contributed by atoms with E-state index < -0.39 is 17.1 Å². The van der Waals surface area contributed by atoms with Crippen molar-refractivity contribution < 1.29 is 14.6 Å². The van der Waals surface area contributed by atoms with Gasteiger partial charge >= 0.3 is 17.1 Å². The van der Waals surface area contributed by atoms with Crippen molar-refractivity contribution in [3.05, 3.63) is 115 Å². The number of ether oxygens (including phenoxy) is 1. The second-order valence-electron chi connectivity index (χ2n) is 10.3. The topological polar surface area (TPSA) is 113 Å². The lowest BCUT2D eigenvalue weighted by Crippen LogP contribution is -2.46. The van der Waals surface area contributed by atoms with E-state index in [4.69, 9.17) is 4.74 Å². The number of hydrogen-bond donors (Lipinski definition) is 3. The first-order valence-corrected chi connectivity index (χ1v) is 14.3. The van der Waals surface area contributed by atoms with E-state index in [0.29, 0.717) is 31.1 Å². The van der Waals surface area contributed by atoms with Gasteiger partial charge in [-0.05, 0) is 59.0 Å². The minimum absolute atomic E-state index is 0.0475. The number of nitrogens with one attached hydrogen (secondary N) is 2. The number of methoxy groups -OCH3 is 1. The predicted molar refractivity (Wildman–Crippen MR) is 160 cm³/mol. The molecule has 3 N–H and O–H groups in total. The van der Waals surface area contributed by atoms with Crippen LogP contribution in [0.15, 0.2) is 76.3 Å². The molecule has 0 bridgehead atoms. The average molecular weight is 571 g/mol. The van der Waals surface area contributed by atoms with Crippen LogP contribution in [0.4, 0.5) is 5.00 Å². The molecule has 3 aromatic carbocycles. The Morgan fingerprint density at radius 3 is 2.46 bits per heavy atom. The third-order valence-corrected chi connectivity index (χ3v) is 8.81. The van der Waals surface area contributed by atoms with Gasteiger partial charge in [0.1, 0.15) is 10.8 Å². The molecule has 3 heterocycles. The van der Waals surface area contributed by atoms with E-state index in [2.05, 4.69) is 46.0 Å². The largest absolute Gasteiger partial charge is 0.497 e. The van der Waals surface area contributed by atoms with Crippen molar-refractivity contribution in [2.24, 2.45) is 0 Å². The van der Waals surface area contributed by atoms with Crippen LogP contribution in [0.5, 0.6) is 5.75 Å². The summed E-state index contributed by atoms with van der Waals surface area (Å²) in [4.78, 5) is 38.7. The summed E-state index contributed by atoms with van der Waals surface area (Å²) in [6.07, 6.45) is 1.42. The molecule has 0 spiro atoms. The number of carboxylic acids is 1. The first-order chi connectivity index (χ1) is 19.9. The van der Waals surface area contributed by atoms with Crippen molar-refractivity contribution in [1.29, 1.82) is 0 Å². The number of anilines is 1. The fourth-order valence-electron chi connectivity index (χ4n) is 5.42. The van der Waals surface area contributed by atoms with Gasteiger partial charge in [0.2, 0.25) is 0 Å². The first kappa shape index (κ1) is 26.9. The maximum atomic E-state index is 12.3. The summed E-state index contributed by atoms with van der Waals surface area (Å²) in [6, 6.07) is 22.9. The molecule has 0 saturated carbocycles. The number of aromatic nitrogens is 1. The molecule has 210 valence electrons. The molecule has 1 atom stereocenters. The molecule has 1 unspecified atom stereocenters. The Balaban J connectivity index is 1.20. The van der Waals surface area contributed by atoms with Crippen LogP contribution in [-0.4, -0.2) is 46.9 Å². The van der Waals surface area contributed by atoms with Crippen LogP contribution < -0.4 is 26.6 Å². The summed E-state index contributed by atoms with van der Waals surface area (Å²) in [5.41, 5.74) is 4.69. The van der Waals surface area contributed by atoms with Crippen LogP contribution in [0.1, 0.15) is 31.9 Å². The second-order valence-corrected chi connectivity index (χ2v) is 11.4. The molecular weight excluding hydrogens is 540 g/mol. The normalized spacial score (nSPS) is 15.3. The molecule has 1 aliphatic heterocycles. The van der Waals surface area contributed by atoms with Crippen LogP contribution in [0, 0.1) is 0 Å². The highest BCUT2D eigenvalue weighted by atomic mass is 32.1. The van der Waals surface area contributed by atoms with Gasteiger partial charge in [-0.3, -0.25) is 19.9 Å². The summed E-state index contributed by atoms with van der Waals surface area (Å²) >= 11 is 1.29. The summed E-state index contributed by atoms with van der Waals surface area (Å²) in [7, 11) is 1.64. The van der Waals surface area contributed by atoms with E-state index in [1.165, 1.54) is 27.7 Å². The van der Waals surface area contributed by atoms with Crippen molar-refractivity contribution in [1.82, 2.24) is 14.9 Å². The van der Waals surface area contributed by atoms with Crippen molar-refractivity contribution >= 4 is 33.1 Å². The molecule has 0 aliphatic carbocycles. The quantitative estimate of drug-likeness (QED) is 0.163. The number of nitrogens with zero attached hydrogens (tertiary/aromatic N) is 2. The number of rotatable bonds is 11. The Bertz CT molecular complexity index is 1760. The summed E-state index contributed by atoms with van der Waals surface area (Å²) < 4.78 is 6.16. The number of aromatic carboxylic acids is 1. The SMILES string of the molecule is COc1ccc(CN2Cc3sc(Nn4c(=O)c4=O)c(C(=O)O)c3CC2CNCCc2ccc3ccccc3c2)cc1. The third-order valence-electron chi connectivity index (χ3n) is 7.69. The van der Waals surface area contributed by atoms with E-state index in [0.717, 1.165) is 39.4 Å². The fourth-order valence-corrected chi connectivity index (χ4v) is 6.66. The summed E-state index contributed by atoms with van der Waals surface area (Å²) in [5, 5.41) is 16.4. The Labute approximate surface area is 240 Å². The van der Waals surface area contributed by atoms with E-state index in [1.54, 1.807) is 7.11 Å². The maximum Gasteiger partial charge on any atom is 0.340 e. The molecule has 2 aromatic heterocycles. The van der Waals surface area contributed by atoms with Gasteiger partial charge in [-0.2, -0.15) is 4.68 Å². The van der Waals surface area contributed by atoms with Crippen LogP contribution in [0.3, 0.4) is 0 Å². The zero-order valence-corrected chi connectivity index (χ0v) is 23.4. The summed E-state index contributed by atoms with van der Waals surface area (Å²) in [5.74, 6) is -0.279. The van der Waals surface area contributed by atoms with Crippen LogP contribution in [0.2, 0.25) is 0 Å². The molecule has 10 heteroatoms. The molecule has 9 nitrogen and oxygen atoms in total. The van der Waals surface area contributed by atoms with Gasteiger partial charge in [0, 0.05) is 30.6 Å². The predicted octanol–water partition coefficient (Wildman–Crippen LogP) is 3.64. The van der Waals surface area contributed by atoms with E-state index in [-0.39, 0.29) is 11.6 Å². The fraction of sp³-hybridized carbons (Fsp3) is 0.258. The third kappa shape index (κ3) is 5.67. The molecule has 41 heavy (non-hydrogen) atoms. The lowest BCUT2D eigenvalue weighted by Gasteiger charge is -2.36. The van der Waals surface area contributed by atoms with Crippen LogP contribution >= 0.6 is 11.3 Å². The molecule has 0 fully saturated rings. The highest BCUT2D eigenvalue weighted by Crippen LogP contribution is 2.39. The van der Waals surface area contributed by atoms with E-state index in [9.17, 15) is 19.5 Å². The number of carboxylic acid groups (broad SMARTS) is 1. The number of hydrogen-bond acceptors (Lipinski definition) is 8. The van der Waals surface area contributed by atoms with Crippen molar-refractivity contribution in [2.75, 3.05) is 25.6 Å². The Kier molecular flexibility index (Phi) is 7.44. The molecular formula is C31H30N4O5S. The van der Waals surface area contributed by atoms with Crippen LogP contribution in [-0.2, 0) is 25.9 Å². The van der Waals surface area contributed by atoms with Gasteiger partial charge in [0.15, 0.2) is 0 Å². The number of benzene rings is 3. The zero-order valence-electron chi connectivity index (χ0n) is 22.6. The average Bonchev–Trinajstić information content (AvgIpc) is 3.37. The summed E-state index contributed by atoms with van der Waals surface area (Å²) in [6.45, 7) is 2.73. The highest BCUT2D eigenvalue weighted by Gasteiger charge is 2.34. The Morgan fingerprint density at radius 1 is 1.02 bits per heavy atom. The minimum atomic E-state index is -1.07. The lowest BCUT2D eigenvalue weighted by molar-refractivity contribution is 0.0695. The van der Waals surface area contributed by atoms with Crippen molar-refractivity contribution in [3.8, 4) is 5.75 Å². The molecule has 5 aromatic rings. The highest BCUT2D eigenvalue weighted by molar-refractivity contribution is 7.16. The zero-order chi connectivity index (χ0) is 28.5. The first-order valence-electron chi connectivity index (χ1n) is 13.5. The maximum absolute atomic E-state index is 12.3. The van der Waals surface area contributed by atoms with Crippen molar-refractivity contribution in [3.63, 3.8) is 0 Å². The monoisotopic (exact) mass is 570 g/mol. The van der Waals surface area contributed by atoms with Crippen LogP contribution in [0.25, 0.3) is 10.8 Å². The second kappa shape index (κ2) is 11.3. The molecule has 0 saturated heterocycles. The van der Waals surface area contributed by atoms with Gasteiger partial charge in [0.05, 0.1) is 12.7 Å². The molecule has 0 radical (unpaired) electrons. The smallest absolute Gasteiger partial charge is 0.340 e. The van der Waals surface area contributed by atoms with Crippen molar-refractivity contribution in [2.45, 2.75) is 32.0 Å². The number of fused-ring (bicyclic) bond motifs is 2. The van der Waals surface area contributed by atoms with Gasteiger partial charge in [-0.15, -0.1) is 11.3 Å². The number of carbonyl (C=O) groups is 1. The Morgan fingerprint density at radius 2 is 1.76 bits per heavy atom. The molecule has 6 rings (SSSR count). The molecule has 1 aliphatic rings. The number of thiophene rings is 1.